The Morgan fingerprint density at radius 2 is 2.09 bits per heavy atom. The maximum absolute atomic E-state index is 11.2. The normalized spacial score (nSPS) is 15.7. The highest BCUT2D eigenvalue weighted by Crippen LogP contribution is 2.24. The first-order valence-electron chi connectivity index (χ1n) is 7.59. The van der Waals surface area contributed by atoms with Crippen molar-refractivity contribution in [3.05, 3.63) is 11.2 Å². The lowest BCUT2D eigenvalue weighted by atomic mass is 10.2. The molecule has 8 nitrogen and oxygen atoms in total. The van der Waals surface area contributed by atoms with E-state index < -0.39 is 0 Å². The predicted octanol–water partition coefficient (Wildman–Crippen LogP) is 0.414. The molecule has 2 rings (SSSR count). The first kappa shape index (κ1) is 17.7. The molecule has 1 aromatic heterocycles. The second-order valence-corrected chi connectivity index (χ2v) is 5.51. The Bertz CT molecular complexity index is 523. The van der Waals surface area contributed by atoms with Crippen molar-refractivity contribution in [3.63, 3.8) is 0 Å². The fourth-order valence-electron chi connectivity index (χ4n) is 2.39. The van der Waals surface area contributed by atoms with E-state index in [2.05, 4.69) is 20.0 Å². The number of nitrogens with zero attached hydrogens (tertiary/aromatic N) is 4. The van der Waals surface area contributed by atoms with E-state index in [9.17, 15) is 4.79 Å². The second-order valence-electron chi connectivity index (χ2n) is 5.12. The largest absolute Gasteiger partial charge is 0.464 e. The Balaban J connectivity index is 1.70. The number of nitrogens with two attached hydrogens (primary N) is 1. The number of hydrogen-bond donors (Lipinski definition) is 1. The number of piperazine rings is 1. The van der Waals surface area contributed by atoms with E-state index >= 15 is 0 Å². The van der Waals surface area contributed by atoms with Crippen LogP contribution in [0.25, 0.3) is 0 Å². The maximum Gasteiger partial charge on any atom is 0.332 e. The van der Waals surface area contributed by atoms with Crippen LogP contribution in [0.5, 0.6) is 0 Å². The molecule has 0 atom stereocenters. The molecule has 23 heavy (non-hydrogen) atoms. The van der Waals surface area contributed by atoms with Crippen molar-refractivity contribution in [2.75, 3.05) is 63.2 Å². The van der Waals surface area contributed by atoms with E-state index in [1.54, 1.807) is 13.0 Å². The van der Waals surface area contributed by atoms with Crippen LogP contribution in [-0.2, 0) is 14.3 Å². The molecule has 0 radical (unpaired) electrons. The van der Waals surface area contributed by atoms with Crippen LogP contribution in [-0.4, -0.2) is 73.6 Å². The molecule has 0 amide bonds. The van der Waals surface area contributed by atoms with Crippen LogP contribution in [0.1, 0.15) is 6.92 Å². The summed E-state index contributed by atoms with van der Waals surface area (Å²) in [4.78, 5) is 15.6. The fraction of sp³-hybridized carbons (Fsp3) is 0.643. The lowest BCUT2D eigenvalue weighted by Gasteiger charge is -2.36. The molecule has 0 bridgehead atoms. The minimum atomic E-state index is -0.324. The van der Waals surface area contributed by atoms with Crippen molar-refractivity contribution >= 4 is 29.1 Å². The zero-order valence-corrected chi connectivity index (χ0v) is 14.0. The number of carbonyl (C=O) groups excluding carboxylic acids is 1. The Morgan fingerprint density at radius 1 is 1.35 bits per heavy atom. The van der Waals surface area contributed by atoms with E-state index in [4.69, 9.17) is 26.8 Å². The highest BCUT2D eigenvalue weighted by atomic mass is 35.5. The molecule has 1 fully saturated rings. The summed E-state index contributed by atoms with van der Waals surface area (Å²) in [5.41, 5.74) is 6.68. The third-order valence-electron chi connectivity index (χ3n) is 3.56. The average molecular weight is 344 g/mol. The monoisotopic (exact) mass is 343 g/mol. The SMILES string of the molecule is CCOC(=O)COCCN1CCN(c2cc(Cl)nnc2N)CC1. The molecular formula is C14H22ClN5O3. The molecule has 1 aromatic rings. The Kier molecular flexibility index (Phi) is 6.82. The summed E-state index contributed by atoms with van der Waals surface area (Å²) >= 11 is 5.88. The number of aromatic nitrogens is 2. The Labute approximate surface area is 140 Å². The van der Waals surface area contributed by atoms with Gasteiger partial charge < -0.3 is 20.1 Å². The number of hydrogen-bond acceptors (Lipinski definition) is 8. The standard InChI is InChI=1S/C14H22ClN5O3/c1-2-23-13(21)10-22-8-7-19-3-5-20(6-4-19)11-9-12(15)17-18-14(11)16/h9H,2-8,10H2,1H3,(H2,16,18). The van der Waals surface area contributed by atoms with Gasteiger partial charge in [0.15, 0.2) is 11.0 Å². The van der Waals surface area contributed by atoms with Crippen LogP contribution >= 0.6 is 11.6 Å². The molecular weight excluding hydrogens is 322 g/mol. The van der Waals surface area contributed by atoms with Crippen LogP contribution in [0.4, 0.5) is 11.5 Å². The van der Waals surface area contributed by atoms with Crippen molar-refractivity contribution in [2.45, 2.75) is 6.92 Å². The van der Waals surface area contributed by atoms with Gasteiger partial charge in [-0.25, -0.2) is 4.79 Å². The van der Waals surface area contributed by atoms with E-state index in [-0.39, 0.29) is 12.6 Å². The Hall–Kier alpha value is -1.64. The first-order valence-corrected chi connectivity index (χ1v) is 7.97. The van der Waals surface area contributed by atoms with Crippen molar-refractivity contribution < 1.29 is 14.3 Å². The van der Waals surface area contributed by atoms with Gasteiger partial charge in [0.25, 0.3) is 0 Å². The summed E-state index contributed by atoms with van der Waals surface area (Å²) in [7, 11) is 0. The third kappa shape index (κ3) is 5.49. The smallest absolute Gasteiger partial charge is 0.332 e. The molecule has 1 saturated heterocycles. The number of rotatable bonds is 7. The molecule has 128 valence electrons. The highest BCUT2D eigenvalue weighted by molar-refractivity contribution is 6.29. The highest BCUT2D eigenvalue weighted by Gasteiger charge is 2.19. The van der Waals surface area contributed by atoms with Gasteiger partial charge in [-0.05, 0) is 6.92 Å². The van der Waals surface area contributed by atoms with Crippen LogP contribution < -0.4 is 10.6 Å². The lowest BCUT2D eigenvalue weighted by molar-refractivity contribution is -0.148. The zero-order chi connectivity index (χ0) is 16.7. The van der Waals surface area contributed by atoms with Crippen molar-refractivity contribution in [1.29, 1.82) is 0 Å². The van der Waals surface area contributed by atoms with Crippen LogP contribution in [0.2, 0.25) is 5.15 Å². The zero-order valence-electron chi connectivity index (χ0n) is 13.2. The first-order chi connectivity index (χ1) is 11.1. The van der Waals surface area contributed by atoms with Gasteiger partial charge in [0.1, 0.15) is 6.61 Å². The van der Waals surface area contributed by atoms with E-state index in [1.165, 1.54) is 0 Å². The molecule has 2 heterocycles. The third-order valence-corrected chi connectivity index (χ3v) is 3.75. The summed E-state index contributed by atoms with van der Waals surface area (Å²) in [6.07, 6.45) is 0. The summed E-state index contributed by atoms with van der Waals surface area (Å²) in [5.74, 6) is 0.0653. The minimum absolute atomic E-state index is 0.00548. The maximum atomic E-state index is 11.2. The predicted molar refractivity (Wildman–Crippen MR) is 87.6 cm³/mol. The molecule has 0 spiro atoms. The molecule has 1 aliphatic rings. The molecule has 9 heteroatoms. The topological polar surface area (TPSA) is 93.8 Å². The minimum Gasteiger partial charge on any atom is -0.464 e. The number of ether oxygens (including phenoxy) is 2. The number of carbonyl (C=O) groups is 1. The molecule has 0 aliphatic carbocycles. The number of esters is 1. The quantitative estimate of drug-likeness (QED) is 0.562. The second kappa shape index (κ2) is 8.85. The van der Waals surface area contributed by atoms with E-state index in [0.29, 0.717) is 24.2 Å². The molecule has 2 N–H and O–H groups in total. The van der Waals surface area contributed by atoms with Gasteiger partial charge in [0.2, 0.25) is 0 Å². The molecule has 0 unspecified atom stereocenters. The van der Waals surface area contributed by atoms with Gasteiger partial charge in [0, 0.05) is 38.8 Å². The van der Waals surface area contributed by atoms with E-state index in [1.807, 2.05) is 0 Å². The summed E-state index contributed by atoms with van der Waals surface area (Å²) in [6, 6.07) is 1.74. The van der Waals surface area contributed by atoms with E-state index in [0.717, 1.165) is 38.4 Å². The molecule has 0 aromatic carbocycles. The van der Waals surface area contributed by atoms with Crippen molar-refractivity contribution in [1.82, 2.24) is 15.1 Å². The van der Waals surface area contributed by atoms with Gasteiger partial charge in [-0.15, -0.1) is 10.2 Å². The van der Waals surface area contributed by atoms with Gasteiger partial charge in [-0.2, -0.15) is 0 Å². The van der Waals surface area contributed by atoms with Crippen LogP contribution in [0.3, 0.4) is 0 Å². The van der Waals surface area contributed by atoms with Crippen molar-refractivity contribution in [2.24, 2.45) is 0 Å². The summed E-state index contributed by atoms with van der Waals surface area (Å²) < 4.78 is 10.1. The summed E-state index contributed by atoms with van der Waals surface area (Å²) in [6.45, 7) is 6.84. The van der Waals surface area contributed by atoms with Gasteiger partial charge in [0.05, 0.1) is 18.9 Å². The Morgan fingerprint density at radius 3 is 2.78 bits per heavy atom. The average Bonchev–Trinajstić information content (AvgIpc) is 2.55. The molecule has 1 aliphatic heterocycles. The number of nitrogen functional groups attached to an aromatic ring is 1. The van der Waals surface area contributed by atoms with Gasteiger partial charge in [-0.1, -0.05) is 11.6 Å². The van der Waals surface area contributed by atoms with Gasteiger partial charge in [-0.3, -0.25) is 4.90 Å². The van der Waals surface area contributed by atoms with Crippen LogP contribution in [0, 0.1) is 0 Å². The summed E-state index contributed by atoms with van der Waals surface area (Å²) in [5, 5.41) is 7.90. The number of anilines is 2. The van der Waals surface area contributed by atoms with Crippen molar-refractivity contribution in [3.8, 4) is 0 Å². The fourth-order valence-corrected chi connectivity index (χ4v) is 2.53. The van der Waals surface area contributed by atoms with Crippen LogP contribution in [0.15, 0.2) is 6.07 Å². The van der Waals surface area contributed by atoms with Gasteiger partial charge >= 0.3 is 5.97 Å². The number of halogens is 1. The lowest BCUT2D eigenvalue weighted by Crippen LogP contribution is -2.47. The molecule has 0 saturated carbocycles.